The number of amides is 1. The Labute approximate surface area is 114 Å². The smallest absolute Gasteiger partial charge is 0.265 e. The van der Waals surface area contributed by atoms with E-state index in [4.69, 9.17) is 0 Å². The van der Waals surface area contributed by atoms with E-state index < -0.39 is 0 Å². The average molecular weight is 259 g/mol. The molecule has 1 aromatic heterocycles. The number of nitrogens with zero attached hydrogens (tertiary/aromatic N) is 2. The average Bonchev–Trinajstić information content (AvgIpc) is 2.39. The maximum absolute atomic E-state index is 12.0. The molecule has 0 radical (unpaired) electrons. The third-order valence-corrected chi connectivity index (χ3v) is 3.37. The number of hydrazine groups is 1. The maximum Gasteiger partial charge on any atom is 0.265 e. The first kappa shape index (κ1) is 13.7. The van der Waals surface area contributed by atoms with E-state index in [1.54, 1.807) is 24.5 Å². The molecular formula is C15H21N3O. The van der Waals surface area contributed by atoms with E-state index in [1.807, 2.05) is 5.01 Å². The summed E-state index contributed by atoms with van der Waals surface area (Å²) in [6, 6.07) is 3.44. The fourth-order valence-corrected chi connectivity index (χ4v) is 2.16. The fraction of sp³-hybridized carbons (Fsp3) is 0.467. The topological polar surface area (TPSA) is 45.2 Å². The van der Waals surface area contributed by atoms with Crippen molar-refractivity contribution in [3.63, 3.8) is 0 Å². The molecule has 2 rings (SSSR count). The Morgan fingerprint density at radius 3 is 2.53 bits per heavy atom. The number of nitrogens with one attached hydrogen (secondary N) is 1. The zero-order valence-corrected chi connectivity index (χ0v) is 11.8. The van der Waals surface area contributed by atoms with Gasteiger partial charge in [-0.25, -0.2) is 5.01 Å². The summed E-state index contributed by atoms with van der Waals surface area (Å²) in [6.45, 7) is 8.31. The summed E-state index contributed by atoms with van der Waals surface area (Å²) in [7, 11) is 0. The molecule has 1 aromatic rings. The molecular weight excluding hydrogens is 238 g/mol. The summed E-state index contributed by atoms with van der Waals surface area (Å²) in [5, 5.41) is 1.96. The molecule has 2 heterocycles. The second kappa shape index (κ2) is 5.53. The summed E-state index contributed by atoms with van der Waals surface area (Å²) in [5.41, 5.74) is 5.25. The predicted molar refractivity (Wildman–Crippen MR) is 75.4 cm³/mol. The molecule has 4 nitrogen and oxygen atoms in total. The van der Waals surface area contributed by atoms with Crippen LogP contribution in [0.5, 0.6) is 0 Å². The third kappa shape index (κ3) is 3.64. The van der Waals surface area contributed by atoms with Gasteiger partial charge in [-0.3, -0.25) is 15.2 Å². The van der Waals surface area contributed by atoms with Gasteiger partial charge < -0.3 is 0 Å². The molecule has 0 aromatic carbocycles. The van der Waals surface area contributed by atoms with Crippen LogP contribution in [0.25, 0.3) is 0 Å². The van der Waals surface area contributed by atoms with Crippen LogP contribution in [0.15, 0.2) is 36.2 Å². The van der Waals surface area contributed by atoms with E-state index in [9.17, 15) is 4.79 Å². The molecule has 1 amide bonds. The first-order valence-corrected chi connectivity index (χ1v) is 6.62. The number of rotatable bonds is 2. The van der Waals surface area contributed by atoms with Crippen molar-refractivity contribution >= 4 is 5.91 Å². The highest BCUT2D eigenvalue weighted by atomic mass is 16.2. The standard InChI is InChI=1S/C15H21N3O/c1-15(2,3)13-6-10-18(11-7-13)17-14(19)12-4-8-16-9-5-12/h4-6,8-9H,7,10-11H2,1-3H3,(H,17,19). The summed E-state index contributed by atoms with van der Waals surface area (Å²) in [6.07, 6.45) is 6.47. The van der Waals surface area contributed by atoms with Gasteiger partial charge in [0.25, 0.3) is 5.91 Å². The second-order valence-corrected chi connectivity index (χ2v) is 5.85. The minimum atomic E-state index is -0.0741. The lowest BCUT2D eigenvalue weighted by atomic mass is 9.83. The van der Waals surface area contributed by atoms with Crippen LogP contribution in [-0.4, -0.2) is 29.0 Å². The number of carbonyl (C=O) groups is 1. The molecule has 0 saturated heterocycles. The van der Waals surface area contributed by atoms with Crippen LogP contribution in [0.2, 0.25) is 0 Å². The van der Waals surface area contributed by atoms with E-state index in [0.717, 1.165) is 19.5 Å². The monoisotopic (exact) mass is 259 g/mol. The number of pyridine rings is 1. The molecule has 0 bridgehead atoms. The first-order chi connectivity index (χ1) is 8.97. The van der Waals surface area contributed by atoms with Gasteiger partial charge >= 0.3 is 0 Å². The molecule has 1 aliphatic rings. The van der Waals surface area contributed by atoms with Gasteiger partial charge in [0.15, 0.2) is 0 Å². The van der Waals surface area contributed by atoms with Crippen molar-refractivity contribution < 1.29 is 4.79 Å². The molecule has 0 aliphatic carbocycles. The van der Waals surface area contributed by atoms with E-state index in [0.29, 0.717) is 5.56 Å². The molecule has 19 heavy (non-hydrogen) atoms. The van der Waals surface area contributed by atoms with Crippen molar-refractivity contribution in [2.75, 3.05) is 13.1 Å². The van der Waals surface area contributed by atoms with Crippen LogP contribution < -0.4 is 5.43 Å². The summed E-state index contributed by atoms with van der Waals surface area (Å²) in [5.74, 6) is -0.0741. The maximum atomic E-state index is 12.0. The van der Waals surface area contributed by atoms with Crippen LogP contribution in [0.1, 0.15) is 37.6 Å². The van der Waals surface area contributed by atoms with Crippen molar-refractivity contribution in [3.05, 3.63) is 41.7 Å². The Morgan fingerprint density at radius 2 is 2.00 bits per heavy atom. The highest BCUT2D eigenvalue weighted by Crippen LogP contribution is 2.29. The van der Waals surface area contributed by atoms with Crippen LogP contribution in [-0.2, 0) is 0 Å². The van der Waals surface area contributed by atoms with Gasteiger partial charge in [-0.2, -0.15) is 0 Å². The van der Waals surface area contributed by atoms with Gasteiger partial charge in [0.1, 0.15) is 0 Å². The minimum absolute atomic E-state index is 0.0741. The molecule has 0 saturated carbocycles. The highest BCUT2D eigenvalue weighted by Gasteiger charge is 2.22. The Balaban J connectivity index is 1.93. The van der Waals surface area contributed by atoms with Gasteiger partial charge in [-0.15, -0.1) is 0 Å². The number of hydrogen-bond acceptors (Lipinski definition) is 3. The normalized spacial score (nSPS) is 16.9. The van der Waals surface area contributed by atoms with E-state index in [2.05, 4.69) is 37.3 Å². The number of hydrogen-bond donors (Lipinski definition) is 1. The first-order valence-electron chi connectivity index (χ1n) is 6.62. The predicted octanol–water partition coefficient (Wildman–Crippen LogP) is 2.40. The quantitative estimate of drug-likeness (QED) is 0.830. The highest BCUT2D eigenvalue weighted by molar-refractivity contribution is 5.93. The van der Waals surface area contributed by atoms with Gasteiger partial charge in [-0.05, 0) is 24.0 Å². The van der Waals surface area contributed by atoms with Crippen LogP contribution >= 0.6 is 0 Å². The van der Waals surface area contributed by atoms with Gasteiger partial charge in [0.2, 0.25) is 0 Å². The Kier molecular flexibility index (Phi) is 4.00. The van der Waals surface area contributed by atoms with Gasteiger partial charge in [-0.1, -0.05) is 32.4 Å². The molecule has 1 N–H and O–H groups in total. The van der Waals surface area contributed by atoms with E-state index in [-0.39, 0.29) is 11.3 Å². The number of aromatic nitrogens is 1. The zero-order chi connectivity index (χ0) is 13.9. The van der Waals surface area contributed by atoms with Crippen LogP contribution in [0.3, 0.4) is 0 Å². The molecule has 0 atom stereocenters. The third-order valence-electron chi connectivity index (χ3n) is 3.37. The zero-order valence-electron chi connectivity index (χ0n) is 11.8. The summed E-state index contributed by atoms with van der Waals surface area (Å²) < 4.78 is 0. The summed E-state index contributed by atoms with van der Waals surface area (Å²) >= 11 is 0. The molecule has 4 heteroatoms. The molecule has 1 aliphatic heterocycles. The van der Waals surface area contributed by atoms with Crippen molar-refractivity contribution in [2.24, 2.45) is 5.41 Å². The Bertz CT molecular complexity index is 474. The van der Waals surface area contributed by atoms with Gasteiger partial charge in [0, 0.05) is 31.0 Å². The fourth-order valence-electron chi connectivity index (χ4n) is 2.16. The van der Waals surface area contributed by atoms with Crippen LogP contribution in [0, 0.1) is 5.41 Å². The molecule has 0 fully saturated rings. The molecule has 0 unspecified atom stereocenters. The molecule has 102 valence electrons. The van der Waals surface area contributed by atoms with Crippen molar-refractivity contribution in [2.45, 2.75) is 27.2 Å². The van der Waals surface area contributed by atoms with Crippen LogP contribution in [0.4, 0.5) is 0 Å². The second-order valence-electron chi connectivity index (χ2n) is 5.85. The minimum Gasteiger partial charge on any atom is -0.284 e. The van der Waals surface area contributed by atoms with Gasteiger partial charge in [0.05, 0.1) is 0 Å². The van der Waals surface area contributed by atoms with Crippen molar-refractivity contribution in [3.8, 4) is 0 Å². The van der Waals surface area contributed by atoms with Crippen molar-refractivity contribution in [1.82, 2.24) is 15.4 Å². The van der Waals surface area contributed by atoms with E-state index in [1.165, 1.54) is 5.57 Å². The lowest BCUT2D eigenvalue weighted by Crippen LogP contribution is -2.45. The SMILES string of the molecule is CC(C)(C)C1=CCN(NC(=O)c2ccncc2)CC1. The molecule has 0 spiro atoms. The Morgan fingerprint density at radius 1 is 1.32 bits per heavy atom. The number of carbonyl (C=O) groups excluding carboxylic acids is 1. The van der Waals surface area contributed by atoms with E-state index >= 15 is 0 Å². The Hall–Kier alpha value is -1.68. The lowest BCUT2D eigenvalue weighted by Gasteiger charge is -2.32. The lowest BCUT2D eigenvalue weighted by molar-refractivity contribution is 0.0798. The summed E-state index contributed by atoms with van der Waals surface area (Å²) in [4.78, 5) is 15.9. The van der Waals surface area contributed by atoms with Crippen molar-refractivity contribution in [1.29, 1.82) is 0 Å². The largest absolute Gasteiger partial charge is 0.284 e.